The fourth-order valence-electron chi connectivity index (χ4n) is 0.954. The van der Waals surface area contributed by atoms with Gasteiger partial charge in [0.2, 0.25) is 0 Å². The summed E-state index contributed by atoms with van der Waals surface area (Å²) >= 11 is 0. The third-order valence-corrected chi connectivity index (χ3v) is 3.94. The van der Waals surface area contributed by atoms with Gasteiger partial charge in [-0.15, -0.1) is 0 Å². The zero-order valence-electron chi connectivity index (χ0n) is 14.6. The van der Waals surface area contributed by atoms with Crippen molar-refractivity contribution in [3.63, 3.8) is 0 Å². The molecule has 2 atom stereocenters. The van der Waals surface area contributed by atoms with Gasteiger partial charge in [0.15, 0.2) is 0 Å². The van der Waals surface area contributed by atoms with Gasteiger partial charge in [-0.1, -0.05) is 0 Å². The Morgan fingerprint density at radius 1 is 0.581 bits per heavy atom. The minimum absolute atomic E-state index is 0. The molecule has 0 fully saturated rings. The van der Waals surface area contributed by atoms with Crippen LogP contribution in [0.5, 0.6) is 0 Å². The molecular formula is C8H8F12MgO8P2. The van der Waals surface area contributed by atoms with Crippen LogP contribution >= 0.6 is 15.6 Å². The number of phosphoric ester groups is 2. The Balaban J connectivity index is -0.000000490. The Hall–Kier alpha value is 0.146. The molecule has 0 aliphatic heterocycles. The standard InChI is InChI=1S/2C4H5F6O4P.Mg/c2*1-13-15(11,12)14-2(3(5,6)7)4(8,9)10;/h2*2H,1H3,(H,11,12);/q;;+2/p-2. The Morgan fingerprint density at radius 2 is 0.742 bits per heavy atom. The summed E-state index contributed by atoms with van der Waals surface area (Å²) in [6.07, 6.45) is -32.4. The van der Waals surface area contributed by atoms with Gasteiger partial charge in [0.05, 0.1) is 0 Å². The molecule has 0 amide bonds. The van der Waals surface area contributed by atoms with Gasteiger partial charge in [0.25, 0.3) is 27.9 Å². The van der Waals surface area contributed by atoms with E-state index in [1.54, 1.807) is 0 Å². The average molecular weight is 546 g/mol. The molecule has 0 radical (unpaired) electrons. The first-order chi connectivity index (χ1) is 12.8. The quantitative estimate of drug-likeness (QED) is 0.284. The van der Waals surface area contributed by atoms with Crippen LogP contribution in [0.4, 0.5) is 52.7 Å². The van der Waals surface area contributed by atoms with E-state index in [1.165, 1.54) is 0 Å². The van der Waals surface area contributed by atoms with Crippen molar-refractivity contribution in [1.82, 2.24) is 0 Å². The Bertz CT molecular complexity index is 550. The number of hydrogen-bond donors (Lipinski definition) is 0. The van der Waals surface area contributed by atoms with E-state index in [1.807, 2.05) is 0 Å². The second-order valence-electron chi connectivity index (χ2n) is 4.40. The van der Waals surface area contributed by atoms with Crippen LogP contribution in [0.1, 0.15) is 0 Å². The summed E-state index contributed by atoms with van der Waals surface area (Å²) in [5, 5.41) is 0. The van der Waals surface area contributed by atoms with Crippen LogP contribution in [-0.4, -0.2) is 74.2 Å². The van der Waals surface area contributed by atoms with Crippen molar-refractivity contribution in [1.29, 1.82) is 0 Å². The second kappa shape index (κ2) is 12.0. The molecule has 0 aromatic carbocycles. The summed E-state index contributed by atoms with van der Waals surface area (Å²) in [4.78, 5) is 20.6. The van der Waals surface area contributed by atoms with Gasteiger partial charge in [-0.25, -0.2) is 0 Å². The summed E-state index contributed by atoms with van der Waals surface area (Å²) in [6, 6.07) is 0. The summed E-state index contributed by atoms with van der Waals surface area (Å²) in [6.45, 7) is 0. The molecule has 0 rings (SSSR count). The van der Waals surface area contributed by atoms with E-state index in [-0.39, 0.29) is 23.1 Å². The zero-order chi connectivity index (χ0) is 25.0. The third-order valence-electron chi connectivity index (χ3n) is 2.11. The fourth-order valence-corrected chi connectivity index (χ4v) is 2.12. The Kier molecular flexibility index (Phi) is 13.9. The Labute approximate surface area is 180 Å². The first-order valence-electron chi connectivity index (χ1n) is 6.17. The summed E-state index contributed by atoms with van der Waals surface area (Å²) < 4.78 is 174. The minimum Gasteiger partial charge on any atom is -0.756 e. The molecule has 0 aromatic rings. The van der Waals surface area contributed by atoms with E-state index < -0.39 is 52.6 Å². The van der Waals surface area contributed by atoms with Crippen molar-refractivity contribution in [3.05, 3.63) is 0 Å². The second-order valence-corrected chi connectivity index (χ2v) is 7.34. The molecule has 184 valence electrons. The van der Waals surface area contributed by atoms with Gasteiger partial charge >= 0.3 is 47.8 Å². The van der Waals surface area contributed by atoms with Crippen molar-refractivity contribution in [2.24, 2.45) is 0 Å². The topological polar surface area (TPSA) is 117 Å². The molecule has 31 heavy (non-hydrogen) atoms. The number of rotatable bonds is 6. The van der Waals surface area contributed by atoms with E-state index in [2.05, 4.69) is 18.1 Å². The van der Waals surface area contributed by atoms with Crippen LogP contribution in [0.25, 0.3) is 0 Å². The molecule has 8 nitrogen and oxygen atoms in total. The van der Waals surface area contributed by atoms with E-state index in [4.69, 9.17) is 0 Å². The molecule has 0 aliphatic carbocycles. The van der Waals surface area contributed by atoms with Crippen molar-refractivity contribution in [2.45, 2.75) is 36.9 Å². The zero-order valence-corrected chi connectivity index (χ0v) is 17.8. The van der Waals surface area contributed by atoms with Gasteiger partial charge in [-0.05, 0) is 0 Å². The number of halogens is 12. The average Bonchev–Trinajstić information content (AvgIpc) is 2.47. The van der Waals surface area contributed by atoms with Gasteiger partial charge in [0.1, 0.15) is 0 Å². The van der Waals surface area contributed by atoms with Gasteiger partial charge in [0, 0.05) is 14.2 Å². The Morgan fingerprint density at radius 3 is 0.839 bits per heavy atom. The van der Waals surface area contributed by atoms with Crippen LogP contribution in [0.2, 0.25) is 0 Å². The first-order valence-corrected chi connectivity index (χ1v) is 9.09. The number of alkyl halides is 12. The normalized spacial score (nSPS) is 17.4. The van der Waals surface area contributed by atoms with Crippen LogP contribution < -0.4 is 9.79 Å². The maximum absolute atomic E-state index is 11.7. The van der Waals surface area contributed by atoms with Crippen LogP contribution in [-0.2, 0) is 27.2 Å². The monoisotopic (exact) mass is 546 g/mol. The van der Waals surface area contributed by atoms with Crippen molar-refractivity contribution >= 4 is 38.7 Å². The van der Waals surface area contributed by atoms with E-state index >= 15 is 0 Å². The molecule has 0 bridgehead atoms. The SMILES string of the molecule is COP(=O)([O-])OC(C(F)(F)F)C(F)(F)F.COP(=O)([O-])OC(C(F)(F)F)C(F)(F)F.[Mg+2]. The maximum Gasteiger partial charge on any atom is 2.00 e. The smallest absolute Gasteiger partial charge is 0.756 e. The molecule has 0 saturated heterocycles. The first kappa shape index (κ1) is 35.7. The largest absolute Gasteiger partial charge is 2.00 e. The van der Waals surface area contributed by atoms with Gasteiger partial charge in [-0.2, -0.15) is 52.7 Å². The van der Waals surface area contributed by atoms with Crippen molar-refractivity contribution in [3.8, 4) is 0 Å². The molecule has 2 unspecified atom stereocenters. The van der Waals surface area contributed by atoms with Crippen LogP contribution in [0, 0.1) is 0 Å². The molecule has 0 heterocycles. The molecule has 23 heteroatoms. The fraction of sp³-hybridized carbons (Fsp3) is 1.00. The molecule has 0 aromatic heterocycles. The van der Waals surface area contributed by atoms with Crippen molar-refractivity contribution < 1.29 is 89.7 Å². The van der Waals surface area contributed by atoms with E-state index in [0.29, 0.717) is 14.2 Å². The summed E-state index contributed by atoms with van der Waals surface area (Å²) in [7, 11) is -10.5. The van der Waals surface area contributed by atoms with Gasteiger partial charge in [-0.3, -0.25) is 18.2 Å². The third kappa shape index (κ3) is 14.8. The molecule has 0 aliphatic rings. The van der Waals surface area contributed by atoms with Crippen molar-refractivity contribution in [2.75, 3.05) is 14.2 Å². The number of phosphoric acid groups is 2. The van der Waals surface area contributed by atoms with E-state index in [9.17, 15) is 71.6 Å². The predicted molar refractivity (Wildman–Crippen MR) is 69.0 cm³/mol. The van der Waals surface area contributed by atoms with Gasteiger partial charge < -0.3 is 18.8 Å². The minimum atomic E-state index is -5.89. The summed E-state index contributed by atoms with van der Waals surface area (Å²) in [5.41, 5.74) is 0. The van der Waals surface area contributed by atoms with Crippen LogP contribution in [0.15, 0.2) is 0 Å². The molecule has 0 spiro atoms. The molecule has 0 N–H and O–H groups in total. The maximum atomic E-state index is 11.7. The summed E-state index contributed by atoms with van der Waals surface area (Å²) in [5.74, 6) is 0. The van der Waals surface area contributed by atoms with Crippen LogP contribution in [0.3, 0.4) is 0 Å². The molecule has 0 saturated carbocycles. The molecular weight excluding hydrogens is 538 g/mol. The number of hydrogen-bond acceptors (Lipinski definition) is 8. The predicted octanol–water partition coefficient (Wildman–Crippen LogP) is 2.84. The van der Waals surface area contributed by atoms with E-state index in [0.717, 1.165) is 0 Å².